The standard InChI is InChI=1S/C17H24BBrO3/c1-15(2)16(3,4)22-18(21-15)11-13-9-10-17(13,20)12-5-7-14(19)8-6-12/h5-8,13,20H,9-11H2,1-4H3/t13-,17+/m0/s1. The molecule has 0 aromatic heterocycles. The van der Waals surface area contributed by atoms with Gasteiger partial charge in [0, 0.05) is 4.47 Å². The Kier molecular flexibility index (Phi) is 4.00. The first-order chi connectivity index (χ1) is 10.1. The lowest BCUT2D eigenvalue weighted by Gasteiger charge is -2.46. The summed E-state index contributed by atoms with van der Waals surface area (Å²) in [4.78, 5) is 0. The van der Waals surface area contributed by atoms with Crippen LogP contribution in [0.3, 0.4) is 0 Å². The molecule has 0 unspecified atom stereocenters. The largest absolute Gasteiger partial charge is 0.458 e. The van der Waals surface area contributed by atoms with Crippen LogP contribution >= 0.6 is 15.9 Å². The summed E-state index contributed by atoms with van der Waals surface area (Å²) in [6.07, 6.45) is 2.55. The molecular weight excluding hydrogens is 343 g/mol. The van der Waals surface area contributed by atoms with E-state index in [4.69, 9.17) is 9.31 Å². The van der Waals surface area contributed by atoms with Gasteiger partial charge in [-0.3, -0.25) is 0 Å². The van der Waals surface area contributed by atoms with Crippen molar-refractivity contribution >= 4 is 23.0 Å². The van der Waals surface area contributed by atoms with Crippen LogP contribution in [0.5, 0.6) is 0 Å². The molecule has 1 aromatic carbocycles. The van der Waals surface area contributed by atoms with Gasteiger partial charge in [-0.2, -0.15) is 0 Å². The highest BCUT2D eigenvalue weighted by atomic mass is 79.9. The van der Waals surface area contributed by atoms with Crippen LogP contribution in [0.2, 0.25) is 6.32 Å². The van der Waals surface area contributed by atoms with Gasteiger partial charge in [-0.1, -0.05) is 28.1 Å². The first-order valence-corrected chi connectivity index (χ1v) is 8.77. The maximum atomic E-state index is 11.0. The van der Waals surface area contributed by atoms with Crippen LogP contribution in [0.25, 0.3) is 0 Å². The summed E-state index contributed by atoms with van der Waals surface area (Å²) in [6, 6.07) is 7.97. The molecule has 1 N–H and O–H groups in total. The Bertz CT molecular complexity index is 542. The van der Waals surface area contributed by atoms with Crippen molar-refractivity contribution in [2.45, 2.75) is 63.7 Å². The molecule has 0 bridgehead atoms. The van der Waals surface area contributed by atoms with Crippen molar-refractivity contribution in [1.82, 2.24) is 0 Å². The minimum Gasteiger partial charge on any atom is -0.403 e. The molecule has 3 rings (SSSR count). The van der Waals surface area contributed by atoms with Crippen LogP contribution in [-0.4, -0.2) is 23.4 Å². The smallest absolute Gasteiger partial charge is 0.403 e. The SMILES string of the molecule is CC1(C)OB(C[C@@H]2CC[C@@]2(O)c2ccc(Br)cc2)OC1(C)C. The summed E-state index contributed by atoms with van der Waals surface area (Å²) in [7, 11) is -0.239. The normalized spacial score (nSPS) is 32.8. The van der Waals surface area contributed by atoms with Gasteiger partial charge in [-0.05, 0) is 70.5 Å². The Morgan fingerprint density at radius 1 is 1.14 bits per heavy atom. The maximum Gasteiger partial charge on any atom is 0.458 e. The Balaban J connectivity index is 1.71. The van der Waals surface area contributed by atoms with Gasteiger partial charge in [0.1, 0.15) is 0 Å². The van der Waals surface area contributed by atoms with Gasteiger partial charge >= 0.3 is 7.12 Å². The fourth-order valence-electron chi connectivity index (χ4n) is 3.35. The average molecular weight is 367 g/mol. The highest BCUT2D eigenvalue weighted by Crippen LogP contribution is 2.51. The summed E-state index contributed by atoms with van der Waals surface area (Å²) < 4.78 is 13.2. The van der Waals surface area contributed by atoms with Gasteiger partial charge in [-0.25, -0.2) is 0 Å². The molecule has 0 radical (unpaired) electrons. The summed E-state index contributed by atoms with van der Waals surface area (Å²) in [6.45, 7) is 8.26. The molecule has 3 nitrogen and oxygen atoms in total. The van der Waals surface area contributed by atoms with Crippen LogP contribution in [0.1, 0.15) is 46.1 Å². The van der Waals surface area contributed by atoms with Gasteiger partial charge in [0.15, 0.2) is 0 Å². The topological polar surface area (TPSA) is 38.7 Å². The van der Waals surface area contributed by atoms with Crippen molar-refractivity contribution in [1.29, 1.82) is 0 Å². The molecular formula is C17H24BBrO3. The molecule has 0 amide bonds. The third kappa shape index (κ3) is 2.66. The van der Waals surface area contributed by atoms with Crippen molar-refractivity contribution in [3.05, 3.63) is 34.3 Å². The first-order valence-electron chi connectivity index (χ1n) is 7.98. The maximum absolute atomic E-state index is 11.0. The predicted molar refractivity (Wildman–Crippen MR) is 91.7 cm³/mol. The van der Waals surface area contributed by atoms with Crippen molar-refractivity contribution in [3.63, 3.8) is 0 Å². The van der Waals surface area contributed by atoms with Gasteiger partial charge in [0.05, 0.1) is 16.8 Å². The van der Waals surface area contributed by atoms with E-state index < -0.39 is 5.60 Å². The second-order valence-electron chi connectivity index (χ2n) is 7.59. The van der Waals surface area contributed by atoms with Crippen LogP contribution in [0.4, 0.5) is 0 Å². The van der Waals surface area contributed by atoms with Crippen molar-refractivity contribution in [2.24, 2.45) is 5.92 Å². The quantitative estimate of drug-likeness (QED) is 0.817. The number of benzene rings is 1. The molecule has 1 aliphatic carbocycles. The van der Waals surface area contributed by atoms with Crippen LogP contribution in [-0.2, 0) is 14.9 Å². The number of aliphatic hydroxyl groups is 1. The van der Waals surface area contributed by atoms with Crippen LogP contribution < -0.4 is 0 Å². The minimum absolute atomic E-state index is 0.184. The average Bonchev–Trinajstić information content (AvgIpc) is 2.63. The summed E-state index contributed by atoms with van der Waals surface area (Å²) in [5, 5.41) is 11.0. The van der Waals surface area contributed by atoms with Crippen molar-refractivity contribution in [2.75, 3.05) is 0 Å². The van der Waals surface area contributed by atoms with E-state index in [-0.39, 0.29) is 24.2 Å². The third-order valence-electron chi connectivity index (χ3n) is 5.67. The van der Waals surface area contributed by atoms with E-state index in [1.54, 1.807) is 0 Å². The molecule has 1 saturated heterocycles. The first kappa shape index (κ1) is 16.5. The van der Waals surface area contributed by atoms with Gasteiger partial charge < -0.3 is 14.4 Å². The predicted octanol–water partition coefficient (Wildman–Crippen LogP) is 4.14. The summed E-state index contributed by atoms with van der Waals surface area (Å²) in [5.41, 5.74) is -0.373. The van der Waals surface area contributed by atoms with Crippen molar-refractivity contribution in [3.8, 4) is 0 Å². The third-order valence-corrected chi connectivity index (χ3v) is 6.20. The number of halogens is 1. The van der Waals surface area contributed by atoms with Gasteiger partial charge in [-0.15, -0.1) is 0 Å². The Hall–Kier alpha value is -0.355. The molecule has 1 aromatic rings. The van der Waals surface area contributed by atoms with Gasteiger partial charge in [0.2, 0.25) is 0 Å². The van der Waals surface area contributed by atoms with Crippen LogP contribution in [0.15, 0.2) is 28.7 Å². The summed E-state index contributed by atoms with van der Waals surface area (Å²) >= 11 is 3.44. The molecule has 2 aliphatic rings. The van der Waals surface area contributed by atoms with Gasteiger partial charge in [0.25, 0.3) is 0 Å². The number of hydrogen-bond acceptors (Lipinski definition) is 3. The Morgan fingerprint density at radius 3 is 2.14 bits per heavy atom. The fraction of sp³-hybridized carbons (Fsp3) is 0.647. The highest BCUT2D eigenvalue weighted by Gasteiger charge is 2.55. The van der Waals surface area contributed by atoms with Crippen molar-refractivity contribution < 1.29 is 14.4 Å². The second-order valence-corrected chi connectivity index (χ2v) is 8.50. The zero-order chi connectivity index (χ0) is 16.2. The molecule has 2 atom stereocenters. The molecule has 1 aliphatic heterocycles. The lowest BCUT2D eigenvalue weighted by Crippen LogP contribution is -2.46. The van der Waals surface area contributed by atoms with E-state index in [0.717, 1.165) is 29.2 Å². The van der Waals surface area contributed by atoms with E-state index >= 15 is 0 Å². The van der Waals surface area contributed by atoms with E-state index in [0.29, 0.717) is 0 Å². The molecule has 5 heteroatoms. The zero-order valence-corrected chi connectivity index (χ0v) is 15.3. The van der Waals surface area contributed by atoms with E-state index in [1.165, 1.54) is 0 Å². The monoisotopic (exact) mass is 366 g/mol. The molecule has 2 fully saturated rings. The molecule has 1 saturated carbocycles. The number of rotatable bonds is 3. The molecule has 22 heavy (non-hydrogen) atoms. The zero-order valence-electron chi connectivity index (χ0n) is 13.7. The summed E-state index contributed by atoms with van der Waals surface area (Å²) in [5.74, 6) is 0.184. The Morgan fingerprint density at radius 2 is 1.68 bits per heavy atom. The highest BCUT2D eigenvalue weighted by molar-refractivity contribution is 9.10. The molecule has 0 spiro atoms. The van der Waals surface area contributed by atoms with Crippen LogP contribution in [0, 0.1) is 5.92 Å². The lowest BCUT2D eigenvalue weighted by atomic mass is 9.58. The Labute approximate surface area is 141 Å². The van der Waals surface area contributed by atoms with E-state index in [1.807, 2.05) is 24.3 Å². The minimum atomic E-state index is -0.746. The lowest BCUT2D eigenvalue weighted by molar-refractivity contribution is -0.0951. The van der Waals surface area contributed by atoms with E-state index in [9.17, 15) is 5.11 Å². The second kappa shape index (κ2) is 5.33. The molecule has 1 heterocycles. The van der Waals surface area contributed by atoms with E-state index in [2.05, 4.69) is 43.6 Å². The fourth-order valence-corrected chi connectivity index (χ4v) is 3.61. The number of hydrogen-bond donors (Lipinski definition) is 1. The molecule has 120 valence electrons.